The summed E-state index contributed by atoms with van der Waals surface area (Å²) in [7, 11) is 0. The normalized spacial score (nSPS) is 28.5. The number of likely N-dealkylation sites (N-methyl/N-ethyl adjacent to an activating group) is 1. The van der Waals surface area contributed by atoms with Crippen molar-refractivity contribution in [3.8, 4) is 5.75 Å². The monoisotopic (exact) mass is 635 g/mol. The number of phenols is 1. The molecule has 2 fully saturated rings. The summed E-state index contributed by atoms with van der Waals surface area (Å²) in [6.45, 7) is 14.7. The summed E-state index contributed by atoms with van der Waals surface area (Å²) in [5.41, 5.74) is 3.11. The molecule has 1 aromatic carbocycles. The van der Waals surface area contributed by atoms with Gasteiger partial charge in [0.05, 0.1) is 18.3 Å². The van der Waals surface area contributed by atoms with Crippen molar-refractivity contribution in [2.24, 2.45) is 17.3 Å². The number of aromatic hydroxyl groups is 1. The van der Waals surface area contributed by atoms with Crippen LogP contribution in [0.5, 0.6) is 5.75 Å². The number of nitrogens with one attached hydrogen (secondary N) is 1. The van der Waals surface area contributed by atoms with E-state index in [-0.39, 0.29) is 49.0 Å². The largest absolute Gasteiger partial charge is 0.508 e. The Balaban J connectivity index is 1.94. The van der Waals surface area contributed by atoms with Crippen LogP contribution >= 0.6 is 0 Å². The summed E-state index contributed by atoms with van der Waals surface area (Å²) in [4.78, 5) is 13.6. The minimum atomic E-state index is -1.21. The third-order valence-electron chi connectivity index (χ3n) is 10.5. The van der Waals surface area contributed by atoms with Crippen molar-refractivity contribution in [1.29, 1.82) is 0 Å². The second-order valence-corrected chi connectivity index (χ2v) is 13.7. The summed E-state index contributed by atoms with van der Waals surface area (Å²) >= 11 is 0. The van der Waals surface area contributed by atoms with Gasteiger partial charge in [0.25, 0.3) is 0 Å². The van der Waals surface area contributed by atoms with Gasteiger partial charge in [-0.15, -0.1) is 0 Å². The first kappa shape index (κ1) is 37.6. The average molecular weight is 636 g/mol. The van der Waals surface area contributed by atoms with Gasteiger partial charge in [0.15, 0.2) is 5.78 Å². The fourth-order valence-electron chi connectivity index (χ4n) is 7.84. The lowest BCUT2D eigenvalue weighted by molar-refractivity contribution is -0.167. The van der Waals surface area contributed by atoms with Crippen molar-refractivity contribution in [2.45, 2.75) is 104 Å². The van der Waals surface area contributed by atoms with Crippen LogP contribution < -0.4 is 5.32 Å². The summed E-state index contributed by atoms with van der Waals surface area (Å²) in [6.07, 6.45) is 11.0. The van der Waals surface area contributed by atoms with Gasteiger partial charge in [0.2, 0.25) is 0 Å². The highest BCUT2D eigenvalue weighted by Crippen LogP contribution is 2.63. The number of allylic oxidation sites excluding steroid dienone is 5. The average Bonchev–Trinajstić information content (AvgIpc) is 3.36. The number of carbonyl (C=O) groups excluding carboxylic acids is 1. The summed E-state index contributed by atoms with van der Waals surface area (Å²) in [5, 5.41) is 57.6. The van der Waals surface area contributed by atoms with Gasteiger partial charge in [-0.25, -0.2) is 0 Å². The van der Waals surface area contributed by atoms with Crippen molar-refractivity contribution >= 4 is 5.78 Å². The quantitative estimate of drug-likeness (QED) is 0.0807. The van der Waals surface area contributed by atoms with Crippen LogP contribution in [0.1, 0.15) is 85.1 Å². The third-order valence-corrected chi connectivity index (χ3v) is 10.5. The number of aliphatic hydroxyl groups excluding tert-OH is 3. The predicted octanol–water partition coefficient (Wildman–Crippen LogP) is 5.88. The van der Waals surface area contributed by atoms with Gasteiger partial charge < -0.3 is 30.8 Å². The zero-order valence-corrected chi connectivity index (χ0v) is 28.6. The van der Waals surface area contributed by atoms with Gasteiger partial charge in [0.1, 0.15) is 5.75 Å². The molecule has 2 saturated carbocycles. The fraction of sp³-hybridized carbons (Fsp3) is 0.564. The topological polar surface area (TPSA) is 130 Å². The lowest BCUT2D eigenvalue weighted by atomic mass is 9.52. The van der Waals surface area contributed by atoms with Crippen LogP contribution in [0, 0.1) is 17.3 Å². The SMILES string of the molecule is C=C(C=CC=C(CO)[C@@H]1CC[C@@]2([C@H](CCCO)C(=C(C)C(=O)Cc3ccc(O)cc3)CC[C@@]2(C)O)[C@@H]1O)[C@H](CC=C(C)C)NCC. The number of aliphatic hydroxyl groups is 4. The Morgan fingerprint density at radius 3 is 2.46 bits per heavy atom. The Morgan fingerprint density at radius 1 is 1.15 bits per heavy atom. The van der Waals surface area contributed by atoms with Crippen LogP contribution in [-0.2, 0) is 11.2 Å². The van der Waals surface area contributed by atoms with Crippen molar-refractivity contribution in [1.82, 2.24) is 5.32 Å². The van der Waals surface area contributed by atoms with Gasteiger partial charge in [-0.2, -0.15) is 0 Å². The smallest absolute Gasteiger partial charge is 0.162 e. The molecule has 0 radical (unpaired) electrons. The van der Waals surface area contributed by atoms with Gasteiger partial charge in [0, 0.05) is 30.4 Å². The maximum atomic E-state index is 13.6. The van der Waals surface area contributed by atoms with Crippen LogP contribution in [0.2, 0.25) is 0 Å². The van der Waals surface area contributed by atoms with Crippen LogP contribution in [0.3, 0.4) is 0 Å². The Labute approximate surface area is 276 Å². The summed E-state index contributed by atoms with van der Waals surface area (Å²) in [6, 6.07) is 6.71. The fourth-order valence-corrected chi connectivity index (χ4v) is 7.84. The predicted molar refractivity (Wildman–Crippen MR) is 185 cm³/mol. The van der Waals surface area contributed by atoms with E-state index in [9.17, 15) is 30.3 Å². The molecular formula is C39H57NO6. The first-order valence-corrected chi connectivity index (χ1v) is 16.9. The van der Waals surface area contributed by atoms with E-state index >= 15 is 0 Å². The Kier molecular flexibility index (Phi) is 13.8. The van der Waals surface area contributed by atoms with E-state index in [1.54, 1.807) is 31.2 Å². The number of hydrogen-bond acceptors (Lipinski definition) is 7. The van der Waals surface area contributed by atoms with E-state index in [1.807, 2.05) is 25.2 Å². The van der Waals surface area contributed by atoms with Crippen LogP contribution in [0.25, 0.3) is 0 Å². The minimum Gasteiger partial charge on any atom is -0.508 e. The van der Waals surface area contributed by atoms with Crippen molar-refractivity contribution in [3.05, 3.63) is 88.6 Å². The molecule has 0 heterocycles. The molecule has 46 heavy (non-hydrogen) atoms. The maximum Gasteiger partial charge on any atom is 0.162 e. The molecule has 1 spiro atoms. The molecule has 1 aromatic rings. The van der Waals surface area contributed by atoms with E-state index in [1.165, 1.54) is 5.57 Å². The van der Waals surface area contributed by atoms with Crippen LogP contribution in [-0.4, -0.2) is 68.8 Å². The Bertz CT molecular complexity index is 1320. The maximum absolute atomic E-state index is 13.6. The molecule has 3 rings (SSSR count). The number of ketones is 1. The van der Waals surface area contributed by atoms with Crippen LogP contribution in [0.4, 0.5) is 0 Å². The molecular weight excluding hydrogens is 578 g/mol. The van der Waals surface area contributed by atoms with Crippen molar-refractivity contribution in [3.63, 3.8) is 0 Å². The zero-order chi connectivity index (χ0) is 34.1. The van der Waals surface area contributed by atoms with Gasteiger partial charge in [-0.05, 0) is 120 Å². The number of carbonyl (C=O) groups is 1. The lowest BCUT2D eigenvalue weighted by Gasteiger charge is -2.55. The molecule has 7 nitrogen and oxygen atoms in total. The second-order valence-electron chi connectivity index (χ2n) is 13.7. The number of Topliss-reactive ketones (excluding diaryl/α,β-unsaturated/α-hetero) is 1. The minimum absolute atomic E-state index is 0.0278. The molecule has 6 atom stereocenters. The Hall–Kier alpha value is -2.81. The lowest BCUT2D eigenvalue weighted by Crippen LogP contribution is -2.59. The molecule has 2 aliphatic carbocycles. The van der Waals surface area contributed by atoms with E-state index in [2.05, 4.69) is 38.7 Å². The zero-order valence-electron chi connectivity index (χ0n) is 28.6. The highest BCUT2D eigenvalue weighted by Gasteiger charge is 2.64. The third kappa shape index (κ3) is 8.55. The van der Waals surface area contributed by atoms with E-state index in [0.29, 0.717) is 49.7 Å². The Morgan fingerprint density at radius 2 is 1.85 bits per heavy atom. The number of benzene rings is 1. The van der Waals surface area contributed by atoms with Crippen LogP contribution in [0.15, 0.2) is 83.0 Å². The highest BCUT2D eigenvalue weighted by atomic mass is 16.3. The molecule has 0 unspecified atom stereocenters. The molecule has 7 heteroatoms. The van der Waals surface area contributed by atoms with E-state index < -0.39 is 17.1 Å². The molecule has 0 saturated heterocycles. The highest BCUT2D eigenvalue weighted by molar-refractivity contribution is 5.97. The van der Waals surface area contributed by atoms with E-state index in [0.717, 1.165) is 29.7 Å². The van der Waals surface area contributed by atoms with Gasteiger partial charge >= 0.3 is 0 Å². The number of rotatable bonds is 15. The number of phenolic OH excluding ortho intramolecular Hbond substituents is 1. The summed E-state index contributed by atoms with van der Waals surface area (Å²) in [5.74, 6) is -0.561. The molecule has 0 aromatic heterocycles. The standard InChI is InChI=1S/C39H57NO6/c1-7-40-35(18-13-26(2)3)27(4)10-8-11-30(25-42)33-20-22-39(37(33)45)34(12-9-23-41)32(19-21-38(39,6)46)28(5)36(44)24-29-14-16-31(43)17-15-29/h8,10-11,13-17,33-35,37,40-43,45-46H,4,7,9,12,18-25H2,1-3,5-6H3/t33-,34+,35-,37+,38+,39+/m0/s1. The molecule has 254 valence electrons. The second kappa shape index (κ2) is 16.8. The molecule has 0 amide bonds. The van der Waals surface area contributed by atoms with Gasteiger partial charge in [-0.1, -0.05) is 61.1 Å². The summed E-state index contributed by atoms with van der Waals surface area (Å²) < 4.78 is 0. The molecule has 0 bridgehead atoms. The number of hydrogen-bond donors (Lipinski definition) is 6. The molecule has 2 aliphatic rings. The van der Waals surface area contributed by atoms with Crippen molar-refractivity contribution in [2.75, 3.05) is 19.8 Å². The van der Waals surface area contributed by atoms with E-state index in [4.69, 9.17) is 0 Å². The first-order valence-electron chi connectivity index (χ1n) is 16.9. The first-order chi connectivity index (χ1) is 21.8. The van der Waals surface area contributed by atoms with Gasteiger partial charge in [-0.3, -0.25) is 4.79 Å². The molecule has 6 N–H and O–H groups in total. The van der Waals surface area contributed by atoms with Crippen molar-refractivity contribution < 1.29 is 30.3 Å². The molecule has 0 aliphatic heterocycles.